The van der Waals surface area contributed by atoms with Crippen LogP contribution in [0.3, 0.4) is 0 Å². The van der Waals surface area contributed by atoms with E-state index in [1.54, 1.807) is 31.3 Å². The lowest BCUT2D eigenvalue weighted by atomic mass is 10.5. The number of pyridine rings is 1. The second-order valence-electron chi connectivity index (χ2n) is 4.16. The molecule has 0 unspecified atom stereocenters. The van der Waals surface area contributed by atoms with Gasteiger partial charge in [0.05, 0.1) is 0 Å². The Labute approximate surface area is 114 Å². The minimum absolute atomic E-state index is 0.0797. The van der Waals surface area contributed by atoms with E-state index >= 15 is 0 Å². The first kappa shape index (κ1) is 12.5. The van der Waals surface area contributed by atoms with Crippen LogP contribution in [0.1, 0.15) is 5.76 Å². The Balaban J connectivity index is 2.11. The van der Waals surface area contributed by atoms with Gasteiger partial charge in [0, 0.05) is 12.3 Å². The van der Waals surface area contributed by atoms with Crippen molar-refractivity contribution < 1.29 is 12.9 Å². The number of nitrogen functional groups attached to an aromatic ring is 1. The number of hydrogen-bond donors (Lipinski definition) is 2. The zero-order valence-corrected chi connectivity index (χ0v) is 11.3. The number of fused-ring (bicyclic) bond motifs is 1. The highest BCUT2D eigenvalue weighted by molar-refractivity contribution is 7.92. The molecule has 0 saturated heterocycles. The van der Waals surface area contributed by atoms with Gasteiger partial charge >= 0.3 is 0 Å². The molecule has 3 heterocycles. The SMILES string of the molecule is Cc1cc(NS(=O)(=O)c2c(N)nc3ccccn23)no1. The van der Waals surface area contributed by atoms with E-state index in [0.29, 0.717) is 11.4 Å². The molecule has 0 bridgehead atoms. The van der Waals surface area contributed by atoms with Gasteiger partial charge in [-0.15, -0.1) is 0 Å². The standard InChI is InChI=1S/C11H11N5O3S/c1-7-6-8(14-19-7)15-20(17,18)11-10(12)13-9-4-2-3-5-16(9)11/h2-6H,12H2,1H3,(H,14,15). The first-order valence-electron chi connectivity index (χ1n) is 5.66. The molecule has 0 radical (unpaired) electrons. The van der Waals surface area contributed by atoms with E-state index in [1.165, 1.54) is 10.5 Å². The molecule has 0 aliphatic rings. The number of imidazole rings is 1. The molecular weight excluding hydrogens is 282 g/mol. The van der Waals surface area contributed by atoms with Gasteiger partial charge in [0.15, 0.2) is 11.6 Å². The number of nitrogens with zero attached hydrogens (tertiary/aromatic N) is 3. The van der Waals surface area contributed by atoms with Gasteiger partial charge in [-0.25, -0.2) is 4.98 Å². The Hall–Kier alpha value is -2.55. The van der Waals surface area contributed by atoms with Crippen LogP contribution < -0.4 is 10.5 Å². The normalized spacial score (nSPS) is 11.8. The number of nitrogens with one attached hydrogen (secondary N) is 1. The van der Waals surface area contributed by atoms with Crippen molar-refractivity contribution >= 4 is 27.3 Å². The Kier molecular flexibility index (Phi) is 2.64. The number of aryl methyl sites for hydroxylation is 1. The number of aromatic nitrogens is 3. The summed E-state index contributed by atoms with van der Waals surface area (Å²) in [5, 5.41) is 3.45. The molecule has 0 fully saturated rings. The lowest BCUT2D eigenvalue weighted by molar-refractivity contribution is 0.400. The lowest BCUT2D eigenvalue weighted by Gasteiger charge is -2.05. The van der Waals surface area contributed by atoms with Gasteiger partial charge in [-0.05, 0) is 19.1 Å². The van der Waals surface area contributed by atoms with Crippen LogP contribution in [0.25, 0.3) is 5.65 Å². The Morgan fingerprint density at radius 2 is 2.20 bits per heavy atom. The average molecular weight is 293 g/mol. The smallest absolute Gasteiger partial charge is 0.282 e. The third-order valence-corrected chi connectivity index (χ3v) is 4.03. The van der Waals surface area contributed by atoms with E-state index in [-0.39, 0.29) is 16.7 Å². The van der Waals surface area contributed by atoms with Crippen LogP contribution in [-0.2, 0) is 10.0 Å². The molecule has 3 rings (SSSR count). The second-order valence-corrected chi connectivity index (χ2v) is 5.76. The van der Waals surface area contributed by atoms with E-state index in [9.17, 15) is 8.42 Å². The van der Waals surface area contributed by atoms with Gasteiger partial charge in [0.2, 0.25) is 5.03 Å². The lowest BCUT2D eigenvalue weighted by Crippen LogP contribution is -2.16. The van der Waals surface area contributed by atoms with Gasteiger partial charge in [0.25, 0.3) is 10.0 Å². The molecule has 8 nitrogen and oxygen atoms in total. The third kappa shape index (κ3) is 1.97. The molecule has 3 aromatic rings. The maximum atomic E-state index is 12.4. The fourth-order valence-electron chi connectivity index (χ4n) is 1.86. The summed E-state index contributed by atoms with van der Waals surface area (Å²) in [6.45, 7) is 1.66. The van der Waals surface area contributed by atoms with Crippen LogP contribution in [0.2, 0.25) is 0 Å². The first-order chi connectivity index (χ1) is 9.47. The molecule has 0 amide bonds. The average Bonchev–Trinajstić information content (AvgIpc) is 2.91. The summed E-state index contributed by atoms with van der Waals surface area (Å²) in [6, 6.07) is 6.56. The quantitative estimate of drug-likeness (QED) is 0.744. The predicted molar refractivity (Wildman–Crippen MR) is 71.7 cm³/mol. The summed E-state index contributed by atoms with van der Waals surface area (Å²) >= 11 is 0. The minimum atomic E-state index is -3.91. The van der Waals surface area contributed by atoms with Crippen molar-refractivity contribution in [3.8, 4) is 0 Å². The number of anilines is 2. The number of nitrogens with two attached hydrogens (primary N) is 1. The molecule has 0 saturated carbocycles. The van der Waals surface area contributed by atoms with Crippen LogP contribution in [0.5, 0.6) is 0 Å². The van der Waals surface area contributed by atoms with Crippen LogP contribution >= 0.6 is 0 Å². The van der Waals surface area contributed by atoms with Crippen molar-refractivity contribution in [2.45, 2.75) is 11.9 Å². The fraction of sp³-hybridized carbons (Fsp3) is 0.0909. The monoisotopic (exact) mass is 293 g/mol. The van der Waals surface area contributed by atoms with Gasteiger partial charge in [-0.1, -0.05) is 11.2 Å². The maximum Gasteiger partial charge on any atom is 0.282 e. The van der Waals surface area contributed by atoms with E-state index in [0.717, 1.165) is 0 Å². The highest BCUT2D eigenvalue weighted by Gasteiger charge is 2.24. The summed E-state index contributed by atoms with van der Waals surface area (Å²) in [7, 11) is -3.91. The highest BCUT2D eigenvalue weighted by Crippen LogP contribution is 2.22. The van der Waals surface area contributed by atoms with E-state index < -0.39 is 10.0 Å². The Morgan fingerprint density at radius 3 is 2.90 bits per heavy atom. The van der Waals surface area contributed by atoms with Crippen LogP contribution in [0.4, 0.5) is 11.6 Å². The molecule has 0 atom stereocenters. The molecule has 0 aromatic carbocycles. The first-order valence-corrected chi connectivity index (χ1v) is 7.14. The van der Waals surface area contributed by atoms with Gasteiger partial charge in [-0.2, -0.15) is 8.42 Å². The molecular formula is C11H11N5O3S. The largest absolute Gasteiger partial charge is 0.381 e. The molecule has 0 aliphatic heterocycles. The number of sulfonamides is 1. The zero-order chi connectivity index (χ0) is 14.3. The van der Waals surface area contributed by atoms with Crippen molar-refractivity contribution in [3.63, 3.8) is 0 Å². The molecule has 104 valence electrons. The van der Waals surface area contributed by atoms with Crippen LogP contribution in [0.15, 0.2) is 40.0 Å². The summed E-state index contributed by atoms with van der Waals surface area (Å²) in [5.74, 6) is 0.505. The van der Waals surface area contributed by atoms with E-state index in [1.807, 2.05) is 0 Å². The van der Waals surface area contributed by atoms with Crippen LogP contribution in [0, 0.1) is 6.92 Å². The molecule has 3 aromatic heterocycles. The van der Waals surface area contributed by atoms with Gasteiger partial charge in [0.1, 0.15) is 11.4 Å². The Morgan fingerprint density at radius 1 is 1.40 bits per heavy atom. The summed E-state index contributed by atoms with van der Waals surface area (Å²) in [6.07, 6.45) is 1.57. The number of hydrogen-bond acceptors (Lipinski definition) is 6. The molecule has 9 heteroatoms. The van der Waals surface area contributed by atoms with Crippen molar-refractivity contribution in [2.75, 3.05) is 10.5 Å². The minimum Gasteiger partial charge on any atom is -0.381 e. The van der Waals surface area contributed by atoms with E-state index in [4.69, 9.17) is 10.3 Å². The summed E-state index contributed by atoms with van der Waals surface area (Å²) in [5.41, 5.74) is 6.15. The fourth-order valence-corrected chi connectivity index (χ4v) is 3.06. The summed E-state index contributed by atoms with van der Waals surface area (Å²) < 4.78 is 33.3. The Bertz CT molecular complexity index is 880. The number of rotatable bonds is 3. The van der Waals surface area contributed by atoms with Crippen molar-refractivity contribution in [1.82, 2.24) is 14.5 Å². The molecule has 0 spiro atoms. The predicted octanol–water partition coefficient (Wildman–Crippen LogP) is 1.01. The second kappa shape index (κ2) is 4.23. The molecule has 20 heavy (non-hydrogen) atoms. The molecule has 0 aliphatic carbocycles. The van der Waals surface area contributed by atoms with Gasteiger partial charge in [-0.3, -0.25) is 9.12 Å². The van der Waals surface area contributed by atoms with Crippen molar-refractivity contribution in [3.05, 3.63) is 36.2 Å². The van der Waals surface area contributed by atoms with Crippen LogP contribution in [-0.4, -0.2) is 23.0 Å². The van der Waals surface area contributed by atoms with Gasteiger partial charge < -0.3 is 10.3 Å². The maximum absolute atomic E-state index is 12.4. The van der Waals surface area contributed by atoms with Crippen molar-refractivity contribution in [1.29, 1.82) is 0 Å². The zero-order valence-electron chi connectivity index (χ0n) is 10.4. The summed E-state index contributed by atoms with van der Waals surface area (Å²) in [4.78, 5) is 4.00. The molecule has 3 N–H and O–H groups in total. The van der Waals surface area contributed by atoms with E-state index in [2.05, 4.69) is 14.9 Å². The topological polar surface area (TPSA) is 116 Å². The third-order valence-electron chi connectivity index (χ3n) is 2.63. The van der Waals surface area contributed by atoms with Crippen molar-refractivity contribution in [2.24, 2.45) is 0 Å². The highest BCUT2D eigenvalue weighted by atomic mass is 32.2.